The van der Waals surface area contributed by atoms with Gasteiger partial charge in [0, 0.05) is 32.6 Å². The highest BCUT2D eigenvalue weighted by Crippen LogP contribution is 2.26. The summed E-state index contributed by atoms with van der Waals surface area (Å²) >= 11 is 0. The van der Waals surface area contributed by atoms with Gasteiger partial charge in [0.1, 0.15) is 6.61 Å². The van der Waals surface area contributed by atoms with Crippen molar-refractivity contribution in [3.63, 3.8) is 0 Å². The van der Waals surface area contributed by atoms with Crippen molar-refractivity contribution >= 4 is 17.7 Å². The third-order valence-corrected chi connectivity index (χ3v) is 4.78. The summed E-state index contributed by atoms with van der Waals surface area (Å²) in [5, 5.41) is 5.75. The van der Waals surface area contributed by atoms with Gasteiger partial charge in [0.15, 0.2) is 0 Å². The van der Waals surface area contributed by atoms with E-state index < -0.39 is 5.41 Å². The Morgan fingerprint density at radius 3 is 2.67 bits per heavy atom. The first-order valence-corrected chi connectivity index (χ1v) is 8.79. The van der Waals surface area contributed by atoms with Crippen molar-refractivity contribution in [3.05, 3.63) is 0 Å². The highest BCUT2D eigenvalue weighted by Gasteiger charge is 2.31. The summed E-state index contributed by atoms with van der Waals surface area (Å²) in [4.78, 5) is 37.6. The zero-order valence-electron chi connectivity index (χ0n) is 14.7. The van der Waals surface area contributed by atoms with Gasteiger partial charge in [0.2, 0.25) is 17.7 Å². The van der Waals surface area contributed by atoms with E-state index in [1.54, 1.807) is 18.7 Å². The molecule has 24 heavy (non-hydrogen) atoms. The van der Waals surface area contributed by atoms with Crippen LogP contribution in [-0.2, 0) is 19.1 Å². The standard InChI is InChI=1S/C17H29N3O4/c1-17(2,16(23)19-11-13-4-3-5-13)10-14(21)18-6-7-20-8-9-24-12-15(20)22/h13H,3-12H2,1-2H3,(H,18,21)(H,19,23). The summed E-state index contributed by atoms with van der Waals surface area (Å²) < 4.78 is 5.06. The first-order chi connectivity index (χ1) is 11.4. The number of ether oxygens (including phenoxy) is 1. The number of carbonyl (C=O) groups is 3. The van der Waals surface area contributed by atoms with Crippen molar-refractivity contribution in [1.29, 1.82) is 0 Å². The SMILES string of the molecule is CC(C)(CC(=O)NCCN1CCOCC1=O)C(=O)NCC1CCC1. The Kier molecular flexibility index (Phi) is 6.60. The summed E-state index contributed by atoms with van der Waals surface area (Å²) in [6.07, 6.45) is 3.75. The second-order valence-corrected chi connectivity index (χ2v) is 7.35. The topological polar surface area (TPSA) is 87.7 Å². The van der Waals surface area contributed by atoms with Crippen molar-refractivity contribution in [1.82, 2.24) is 15.5 Å². The highest BCUT2D eigenvalue weighted by atomic mass is 16.5. The Morgan fingerprint density at radius 2 is 2.04 bits per heavy atom. The lowest BCUT2D eigenvalue weighted by molar-refractivity contribution is -0.142. The molecule has 0 radical (unpaired) electrons. The molecule has 0 aromatic rings. The summed E-state index contributed by atoms with van der Waals surface area (Å²) in [5.74, 6) is 0.309. The molecule has 0 spiro atoms. The smallest absolute Gasteiger partial charge is 0.248 e. The lowest BCUT2D eigenvalue weighted by Crippen LogP contribution is -2.46. The summed E-state index contributed by atoms with van der Waals surface area (Å²) in [5.41, 5.74) is -0.734. The molecular formula is C17H29N3O4. The van der Waals surface area contributed by atoms with Gasteiger partial charge in [-0.3, -0.25) is 14.4 Å². The zero-order chi connectivity index (χ0) is 17.6. The van der Waals surface area contributed by atoms with Crippen molar-refractivity contribution in [2.24, 2.45) is 11.3 Å². The number of nitrogens with one attached hydrogen (secondary N) is 2. The quantitative estimate of drug-likeness (QED) is 0.665. The summed E-state index contributed by atoms with van der Waals surface area (Å²) in [6.45, 7) is 6.36. The van der Waals surface area contributed by atoms with Crippen LogP contribution in [0.25, 0.3) is 0 Å². The molecule has 0 unspecified atom stereocenters. The normalized spacial score (nSPS) is 18.9. The van der Waals surface area contributed by atoms with Crippen LogP contribution in [0.1, 0.15) is 39.5 Å². The first kappa shape index (κ1) is 18.7. The molecule has 2 rings (SSSR count). The Bertz CT molecular complexity index is 474. The van der Waals surface area contributed by atoms with Gasteiger partial charge in [-0.25, -0.2) is 0 Å². The van der Waals surface area contributed by atoms with E-state index in [0.717, 1.165) is 0 Å². The maximum atomic E-state index is 12.3. The van der Waals surface area contributed by atoms with Crippen LogP contribution in [-0.4, -0.2) is 62.0 Å². The van der Waals surface area contributed by atoms with Gasteiger partial charge in [-0.1, -0.05) is 20.3 Å². The molecule has 1 heterocycles. The predicted molar refractivity (Wildman–Crippen MR) is 89.2 cm³/mol. The lowest BCUT2D eigenvalue weighted by atomic mass is 9.84. The molecule has 0 bridgehead atoms. The van der Waals surface area contributed by atoms with E-state index in [9.17, 15) is 14.4 Å². The van der Waals surface area contributed by atoms with Crippen LogP contribution in [0.3, 0.4) is 0 Å². The van der Waals surface area contributed by atoms with Crippen LogP contribution in [0.2, 0.25) is 0 Å². The molecule has 136 valence electrons. The number of carbonyl (C=O) groups excluding carboxylic acids is 3. The van der Waals surface area contributed by atoms with E-state index in [1.165, 1.54) is 19.3 Å². The van der Waals surface area contributed by atoms with Crippen LogP contribution < -0.4 is 10.6 Å². The second-order valence-electron chi connectivity index (χ2n) is 7.35. The third-order valence-electron chi connectivity index (χ3n) is 4.78. The average Bonchev–Trinajstić information content (AvgIpc) is 2.47. The molecule has 1 saturated carbocycles. The Morgan fingerprint density at radius 1 is 1.29 bits per heavy atom. The maximum absolute atomic E-state index is 12.3. The minimum Gasteiger partial charge on any atom is -0.370 e. The first-order valence-electron chi connectivity index (χ1n) is 8.79. The summed E-state index contributed by atoms with van der Waals surface area (Å²) in [6, 6.07) is 0. The molecular weight excluding hydrogens is 310 g/mol. The fourth-order valence-electron chi connectivity index (χ4n) is 2.83. The van der Waals surface area contributed by atoms with E-state index >= 15 is 0 Å². The van der Waals surface area contributed by atoms with Gasteiger partial charge in [0.05, 0.1) is 12.0 Å². The van der Waals surface area contributed by atoms with Crippen molar-refractivity contribution in [2.75, 3.05) is 39.4 Å². The van der Waals surface area contributed by atoms with Gasteiger partial charge in [-0.05, 0) is 18.8 Å². The predicted octanol–water partition coefficient (Wildman–Crippen LogP) is 0.294. The van der Waals surface area contributed by atoms with E-state index in [0.29, 0.717) is 38.7 Å². The molecule has 2 fully saturated rings. The van der Waals surface area contributed by atoms with Gasteiger partial charge in [-0.2, -0.15) is 0 Å². The van der Waals surface area contributed by atoms with Crippen molar-refractivity contribution in [2.45, 2.75) is 39.5 Å². The van der Waals surface area contributed by atoms with Gasteiger partial charge < -0.3 is 20.3 Å². The van der Waals surface area contributed by atoms with Crippen LogP contribution in [0.5, 0.6) is 0 Å². The fraction of sp³-hybridized carbons (Fsp3) is 0.824. The molecule has 1 aliphatic carbocycles. The number of morpholine rings is 1. The van der Waals surface area contributed by atoms with E-state index in [2.05, 4.69) is 10.6 Å². The molecule has 7 nitrogen and oxygen atoms in total. The minimum absolute atomic E-state index is 0.0498. The molecule has 1 aliphatic heterocycles. The monoisotopic (exact) mass is 339 g/mol. The van der Waals surface area contributed by atoms with Crippen molar-refractivity contribution < 1.29 is 19.1 Å². The minimum atomic E-state index is -0.734. The average molecular weight is 339 g/mol. The number of hydrogen-bond acceptors (Lipinski definition) is 4. The van der Waals surface area contributed by atoms with E-state index in [1.807, 2.05) is 0 Å². The molecule has 2 aliphatic rings. The highest BCUT2D eigenvalue weighted by molar-refractivity contribution is 5.88. The number of hydrogen-bond donors (Lipinski definition) is 2. The van der Waals surface area contributed by atoms with Crippen molar-refractivity contribution in [3.8, 4) is 0 Å². The molecule has 0 aromatic heterocycles. The third kappa shape index (κ3) is 5.47. The Labute approximate surface area is 143 Å². The molecule has 0 atom stereocenters. The number of amides is 3. The van der Waals surface area contributed by atoms with Gasteiger partial charge in [-0.15, -0.1) is 0 Å². The molecule has 0 aromatic carbocycles. The van der Waals surface area contributed by atoms with E-state index in [-0.39, 0.29) is 30.7 Å². The number of rotatable bonds is 8. The lowest BCUT2D eigenvalue weighted by Gasteiger charge is -2.29. The summed E-state index contributed by atoms with van der Waals surface area (Å²) in [7, 11) is 0. The van der Waals surface area contributed by atoms with E-state index in [4.69, 9.17) is 4.74 Å². The van der Waals surface area contributed by atoms with Crippen LogP contribution in [0.4, 0.5) is 0 Å². The molecule has 7 heteroatoms. The fourth-order valence-corrected chi connectivity index (χ4v) is 2.83. The van der Waals surface area contributed by atoms with Crippen LogP contribution in [0.15, 0.2) is 0 Å². The van der Waals surface area contributed by atoms with Crippen LogP contribution in [0, 0.1) is 11.3 Å². The molecule has 1 saturated heterocycles. The largest absolute Gasteiger partial charge is 0.370 e. The maximum Gasteiger partial charge on any atom is 0.248 e. The Balaban J connectivity index is 1.65. The zero-order valence-corrected chi connectivity index (χ0v) is 14.7. The molecule has 3 amide bonds. The number of nitrogens with zero attached hydrogens (tertiary/aromatic N) is 1. The van der Waals surface area contributed by atoms with Gasteiger partial charge in [0.25, 0.3) is 0 Å². The Hall–Kier alpha value is -1.63. The van der Waals surface area contributed by atoms with Crippen LogP contribution >= 0.6 is 0 Å². The second kappa shape index (κ2) is 8.46. The molecule has 2 N–H and O–H groups in total. The van der Waals surface area contributed by atoms with Gasteiger partial charge >= 0.3 is 0 Å².